The molecule has 0 atom stereocenters. The Morgan fingerprint density at radius 1 is 1.07 bits per heavy atom. The number of benzene rings is 2. The first-order valence-electron chi connectivity index (χ1n) is 9.10. The monoisotopic (exact) mass is 426 g/mol. The van der Waals surface area contributed by atoms with Crippen molar-refractivity contribution in [3.8, 4) is 22.4 Å². The zero-order chi connectivity index (χ0) is 22.1. The molecule has 0 radical (unpaired) electrons. The van der Waals surface area contributed by atoms with Gasteiger partial charge in [0.25, 0.3) is 0 Å². The van der Waals surface area contributed by atoms with E-state index in [0.717, 1.165) is 23.0 Å². The molecule has 156 valence electrons. The van der Waals surface area contributed by atoms with Gasteiger partial charge in [-0.3, -0.25) is 9.48 Å². The van der Waals surface area contributed by atoms with Crippen LogP contribution in [0.4, 0.5) is 0 Å². The SMILES string of the molecule is C=C(C)c1cc(-c2ccc(-c3ccc(CO)c(S(C)(=O)=O)c3)cc2)n(CC(=O)O)n1. The van der Waals surface area contributed by atoms with Crippen LogP contribution in [0.1, 0.15) is 18.2 Å². The summed E-state index contributed by atoms with van der Waals surface area (Å²) >= 11 is 0. The number of aliphatic hydroxyl groups is 1. The standard InChI is InChI=1S/C22H22N2O5S/c1-14(2)19-11-20(24(23-19)12-22(26)27)16-6-4-15(5-7-16)17-8-9-18(13-25)21(10-17)30(3,28)29/h4-11,25H,1,12-13H2,2-3H3,(H,26,27). The zero-order valence-corrected chi connectivity index (χ0v) is 17.5. The van der Waals surface area contributed by atoms with Gasteiger partial charge in [-0.1, -0.05) is 43.0 Å². The maximum Gasteiger partial charge on any atom is 0.325 e. The number of sulfone groups is 1. The molecule has 0 bridgehead atoms. The number of allylic oxidation sites excluding steroid dienone is 1. The van der Waals surface area contributed by atoms with Crippen molar-refractivity contribution in [1.82, 2.24) is 9.78 Å². The Morgan fingerprint density at radius 2 is 1.67 bits per heavy atom. The topological polar surface area (TPSA) is 109 Å². The van der Waals surface area contributed by atoms with Gasteiger partial charge in [-0.2, -0.15) is 5.10 Å². The summed E-state index contributed by atoms with van der Waals surface area (Å²) < 4.78 is 25.5. The smallest absolute Gasteiger partial charge is 0.325 e. The molecule has 0 aliphatic carbocycles. The molecule has 2 N–H and O–H groups in total. The number of hydrogen-bond acceptors (Lipinski definition) is 5. The van der Waals surface area contributed by atoms with E-state index in [4.69, 9.17) is 5.11 Å². The molecule has 1 aromatic heterocycles. The average Bonchev–Trinajstić information content (AvgIpc) is 3.10. The Labute approximate surface area is 174 Å². The fourth-order valence-electron chi connectivity index (χ4n) is 3.15. The largest absolute Gasteiger partial charge is 0.480 e. The number of carboxylic acid groups (broad SMARTS) is 1. The minimum atomic E-state index is -3.49. The lowest BCUT2D eigenvalue weighted by Gasteiger charge is -2.10. The van der Waals surface area contributed by atoms with Gasteiger partial charge < -0.3 is 10.2 Å². The van der Waals surface area contributed by atoms with Gasteiger partial charge in [0.2, 0.25) is 0 Å². The zero-order valence-electron chi connectivity index (χ0n) is 16.7. The van der Waals surface area contributed by atoms with E-state index in [0.29, 0.717) is 22.5 Å². The van der Waals surface area contributed by atoms with Crippen LogP contribution in [-0.2, 0) is 27.8 Å². The molecule has 0 unspecified atom stereocenters. The maximum atomic E-state index is 12.0. The van der Waals surface area contributed by atoms with Crippen molar-refractivity contribution in [3.05, 3.63) is 66.4 Å². The van der Waals surface area contributed by atoms with Gasteiger partial charge in [0.05, 0.1) is 22.9 Å². The lowest BCUT2D eigenvalue weighted by Crippen LogP contribution is -2.11. The predicted octanol–water partition coefficient (Wildman–Crippen LogP) is 3.23. The van der Waals surface area contributed by atoms with Crippen molar-refractivity contribution in [2.45, 2.75) is 25.0 Å². The molecule has 3 aromatic rings. The molecule has 1 heterocycles. The van der Waals surface area contributed by atoms with Crippen LogP contribution in [0.2, 0.25) is 0 Å². The summed E-state index contributed by atoms with van der Waals surface area (Å²) in [5, 5.41) is 22.9. The lowest BCUT2D eigenvalue weighted by molar-refractivity contribution is -0.137. The number of aliphatic carboxylic acids is 1. The van der Waals surface area contributed by atoms with E-state index in [1.807, 2.05) is 24.3 Å². The molecular weight excluding hydrogens is 404 g/mol. The van der Waals surface area contributed by atoms with E-state index >= 15 is 0 Å². The van der Waals surface area contributed by atoms with Crippen molar-refractivity contribution >= 4 is 21.4 Å². The number of aliphatic hydroxyl groups excluding tert-OH is 1. The van der Waals surface area contributed by atoms with Crippen LogP contribution in [-0.4, -0.2) is 40.6 Å². The van der Waals surface area contributed by atoms with E-state index < -0.39 is 15.8 Å². The van der Waals surface area contributed by atoms with Gasteiger partial charge in [-0.25, -0.2) is 8.42 Å². The van der Waals surface area contributed by atoms with Crippen LogP contribution in [0.15, 0.2) is 60.0 Å². The highest BCUT2D eigenvalue weighted by molar-refractivity contribution is 7.90. The van der Waals surface area contributed by atoms with Crippen LogP contribution in [0, 0.1) is 0 Å². The quantitative estimate of drug-likeness (QED) is 0.600. The van der Waals surface area contributed by atoms with Gasteiger partial charge in [0.1, 0.15) is 6.54 Å². The molecular formula is C22H22N2O5S. The highest BCUT2D eigenvalue weighted by Gasteiger charge is 2.16. The highest BCUT2D eigenvalue weighted by Crippen LogP contribution is 2.29. The summed E-state index contributed by atoms with van der Waals surface area (Å²) in [5.74, 6) is -0.999. The maximum absolute atomic E-state index is 12.0. The molecule has 8 heteroatoms. The molecule has 7 nitrogen and oxygen atoms in total. The van der Waals surface area contributed by atoms with E-state index in [1.54, 1.807) is 31.2 Å². The minimum Gasteiger partial charge on any atom is -0.480 e. The van der Waals surface area contributed by atoms with Crippen molar-refractivity contribution in [3.63, 3.8) is 0 Å². The van der Waals surface area contributed by atoms with Gasteiger partial charge >= 0.3 is 5.97 Å². The molecule has 0 amide bonds. The van der Waals surface area contributed by atoms with Crippen LogP contribution in [0.5, 0.6) is 0 Å². The van der Waals surface area contributed by atoms with Gasteiger partial charge in [-0.15, -0.1) is 0 Å². The van der Waals surface area contributed by atoms with Gasteiger partial charge in [0.15, 0.2) is 9.84 Å². The van der Waals surface area contributed by atoms with Crippen molar-refractivity contribution in [1.29, 1.82) is 0 Å². The van der Waals surface area contributed by atoms with E-state index in [-0.39, 0.29) is 18.0 Å². The second kappa shape index (κ2) is 8.25. The first kappa shape index (κ1) is 21.5. The second-order valence-corrected chi connectivity index (χ2v) is 9.06. The fraction of sp³-hybridized carbons (Fsp3) is 0.182. The third-order valence-corrected chi connectivity index (χ3v) is 5.83. The summed E-state index contributed by atoms with van der Waals surface area (Å²) in [6, 6.07) is 14.0. The first-order chi connectivity index (χ1) is 14.1. The third-order valence-electron chi connectivity index (χ3n) is 4.65. The molecule has 0 fully saturated rings. The molecule has 2 aromatic carbocycles. The highest BCUT2D eigenvalue weighted by atomic mass is 32.2. The fourth-order valence-corrected chi connectivity index (χ4v) is 4.10. The van der Waals surface area contributed by atoms with E-state index in [2.05, 4.69) is 11.7 Å². The summed E-state index contributed by atoms with van der Waals surface area (Å²) in [6.07, 6.45) is 1.11. The molecule has 30 heavy (non-hydrogen) atoms. The molecule has 0 saturated heterocycles. The number of rotatable bonds is 7. The first-order valence-corrected chi connectivity index (χ1v) is 11.0. The lowest BCUT2D eigenvalue weighted by atomic mass is 10.0. The predicted molar refractivity (Wildman–Crippen MR) is 114 cm³/mol. The van der Waals surface area contributed by atoms with E-state index in [1.165, 1.54) is 4.68 Å². The Bertz CT molecular complexity index is 1220. The molecule has 0 saturated carbocycles. The van der Waals surface area contributed by atoms with Crippen molar-refractivity contribution < 1.29 is 23.4 Å². The summed E-state index contributed by atoms with van der Waals surface area (Å²) in [6.45, 7) is 5.03. The number of carboxylic acids is 1. The number of nitrogens with zero attached hydrogens (tertiary/aromatic N) is 2. The summed E-state index contributed by atoms with van der Waals surface area (Å²) in [4.78, 5) is 11.3. The normalized spacial score (nSPS) is 11.4. The minimum absolute atomic E-state index is 0.0946. The van der Waals surface area contributed by atoms with Crippen LogP contribution in [0.25, 0.3) is 28.0 Å². The summed E-state index contributed by atoms with van der Waals surface area (Å²) in [5.41, 5.74) is 4.60. The van der Waals surface area contributed by atoms with Crippen LogP contribution < -0.4 is 0 Å². The Kier molecular flexibility index (Phi) is 5.91. The Hall–Kier alpha value is -3.23. The third kappa shape index (κ3) is 4.50. The molecule has 0 spiro atoms. The number of aromatic nitrogens is 2. The Morgan fingerprint density at radius 3 is 2.20 bits per heavy atom. The molecule has 0 aliphatic rings. The Balaban J connectivity index is 2.02. The summed E-state index contributed by atoms with van der Waals surface area (Å²) in [7, 11) is -3.49. The molecule has 3 rings (SSSR count). The van der Waals surface area contributed by atoms with Crippen LogP contribution >= 0.6 is 0 Å². The van der Waals surface area contributed by atoms with Crippen molar-refractivity contribution in [2.24, 2.45) is 0 Å². The van der Waals surface area contributed by atoms with Gasteiger partial charge in [0, 0.05) is 6.26 Å². The van der Waals surface area contributed by atoms with Crippen LogP contribution in [0.3, 0.4) is 0 Å². The van der Waals surface area contributed by atoms with E-state index in [9.17, 15) is 18.3 Å². The number of hydrogen-bond donors (Lipinski definition) is 2. The number of carbonyl (C=O) groups is 1. The average molecular weight is 426 g/mol. The van der Waals surface area contributed by atoms with Gasteiger partial charge in [-0.05, 0) is 46.9 Å². The van der Waals surface area contributed by atoms with Crippen molar-refractivity contribution in [2.75, 3.05) is 6.26 Å². The molecule has 0 aliphatic heterocycles. The second-order valence-electron chi connectivity index (χ2n) is 7.08.